The average molecular weight is 418 g/mol. The second kappa shape index (κ2) is 13.6. The summed E-state index contributed by atoms with van der Waals surface area (Å²) in [7, 11) is 0.527. The summed E-state index contributed by atoms with van der Waals surface area (Å²) in [6.07, 6.45) is 6.79. The van der Waals surface area contributed by atoms with E-state index < -0.39 is 29.0 Å². The Balaban J connectivity index is 2.41. The molecule has 0 aliphatic carbocycles. The van der Waals surface area contributed by atoms with Gasteiger partial charge in [0.05, 0.1) is 23.6 Å². The van der Waals surface area contributed by atoms with E-state index in [1.807, 2.05) is 7.05 Å². The number of nitrogens with one attached hydrogen (secondary N) is 4. The van der Waals surface area contributed by atoms with Gasteiger partial charge in [0, 0.05) is 19.3 Å². The molecule has 162 valence electrons. The van der Waals surface area contributed by atoms with Crippen molar-refractivity contribution in [2.45, 2.75) is 57.5 Å². The average Bonchev–Trinajstić information content (AvgIpc) is 2.68. The molecule has 0 spiro atoms. The van der Waals surface area contributed by atoms with Gasteiger partial charge >= 0.3 is 0 Å². The lowest BCUT2D eigenvalue weighted by Crippen LogP contribution is -2.52. The summed E-state index contributed by atoms with van der Waals surface area (Å²) in [5.41, 5.74) is 0. The molecule has 1 aliphatic rings. The number of rotatable bonds is 12. The quantitative estimate of drug-likeness (QED) is 0.312. The molecule has 9 nitrogen and oxygen atoms in total. The normalized spacial score (nSPS) is 17.5. The maximum absolute atomic E-state index is 12.3. The van der Waals surface area contributed by atoms with E-state index in [-0.39, 0.29) is 18.4 Å². The Kier molecular flexibility index (Phi) is 11.9. The molecule has 0 bridgehead atoms. The van der Waals surface area contributed by atoms with Crippen LogP contribution in [0.5, 0.6) is 0 Å². The summed E-state index contributed by atoms with van der Waals surface area (Å²) >= 11 is 0. The Bertz CT molecular complexity index is 540. The molecule has 1 fully saturated rings. The summed E-state index contributed by atoms with van der Waals surface area (Å²) in [5, 5.41) is 8.24. The van der Waals surface area contributed by atoms with Gasteiger partial charge in [-0.3, -0.25) is 14.4 Å². The molecule has 0 radical (unpaired) electrons. The largest absolute Gasteiger partial charge is 0.346 e. The molecule has 1 aliphatic heterocycles. The van der Waals surface area contributed by atoms with E-state index in [0.29, 0.717) is 6.42 Å². The van der Waals surface area contributed by atoms with E-state index in [1.54, 1.807) is 11.8 Å². The smallest absolute Gasteiger partial charge is 0.244 e. The molecule has 10 heteroatoms. The number of amides is 3. The molecule has 1 heterocycles. The second-order valence-electron chi connectivity index (χ2n) is 7.12. The zero-order chi connectivity index (χ0) is 20.9. The maximum atomic E-state index is 12.3. The van der Waals surface area contributed by atoms with E-state index in [4.69, 9.17) is 0 Å². The minimum Gasteiger partial charge on any atom is -0.346 e. The molecule has 0 aromatic heterocycles. The van der Waals surface area contributed by atoms with Crippen LogP contribution in [0.1, 0.15) is 45.4 Å². The lowest BCUT2D eigenvalue weighted by molar-refractivity contribution is -0.136. The minimum atomic E-state index is -1.33. The van der Waals surface area contributed by atoms with Crippen molar-refractivity contribution in [3.63, 3.8) is 0 Å². The maximum Gasteiger partial charge on any atom is 0.244 e. The van der Waals surface area contributed by atoms with Crippen molar-refractivity contribution < 1.29 is 18.6 Å². The first-order valence-corrected chi connectivity index (χ1v) is 11.5. The molecular weight excluding hydrogens is 382 g/mol. The first-order valence-electron chi connectivity index (χ1n) is 9.95. The van der Waals surface area contributed by atoms with E-state index in [0.717, 1.165) is 51.7 Å². The summed E-state index contributed by atoms with van der Waals surface area (Å²) < 4.78 is 14.2. The second-order valence-corrected chi connectivity index (χ2v) is 8.26. The molecule has 3 unspecified atom stereocenters. The monoisotopic (exact) mass is 417 g/mol. The van der Waals surface area contributed by atoms with Crippen molar-refractivity contribution in [2.24, 2.45) is 0 Å². The van der Waals surface area contributed by atoms with Crippen LogP contribution in [0.4, 0.5) is 0 Å². The van der Waals surface area contributed by atoms with Gasteiger partial charge in [0.2, 0.25) is 17.7 Å². The summed E-state index contributed by atoms with van der Waals surface area (Å²) in [6, 6.07) is -1.25. The van der Waals surface area contributed by atoms with Crippen LogP contribution < -0.4 is 20.7 Å². The Labute approximate surface area is 170 Å². The van der Waals surface area contributed by atoms with E-state index in [9.17, 15) is 18.6 Å². The minimum absolute atomic E-state index is 0.0927. The van der Waals surface area contributed by atoms with Crippen LogP contribution in [0, 0.1) is 0 Å². The van der Waals surface area contributed by atoms with Crippen molar-refractivity contribution in [1.82, 2.24) is 25.6 Å². The van der Waals surface area contributed by atoms with Crippen molar-refractivity contribution in [2.75, 3.05) is 39.5 Å². The van der Waals surface area contributed by atoms with Crippen molar-refractivity contribution in [3.8, 4) is 0 Å². The molecule has 28 heavy (non-hydrogen) atoms. The van der Waals surface area contributed by atoms with Gasteiger partial charge in [0.15, 0.2) is 0 Å². The van der Waals surface area contributed by atoms with Gasteiger partial charge in [-0.15, -0.1) is 0 Å². The number of hydrogen-bond donors (Lipinski definition) is 4. The lowest BCUT2D eigenvalue weighted by atomic mass is 10.1. The molecule has 0 aromatic carbocycles. The highest BCUT2D eigenvalue weighted by Gasteiger charge is 2.24. The van der Waals surface area contributed by atoms with Gasteiger partial charge in [-0.05, 0) is 52.6 Å². The Morgan fingerprint density at radius 1 is 1.11 bits per heavy atom. The first-order chi connectivity index (χ1) is 13.3. The van der Waals surface area contributed by atoms with Gasteiger partial charge in [0.25, 0.3) is 0 Å². The molecule has 1 saturated heterocycles. The zero-order valence-electron chi connectivity index (χ0n) is 17.2. The van der Waals surface area contributed by atoms with Gasteiger partial charge < -0.3 is 20.9 Å². The van der Waals surface area contributed by atoms with Crippen LogP contribution >= 0.6 is 0 Å². The molecule has 0 aromatic rings. The first kappa shape index (κ1) is 24.5. The van der Waals surface area contributed by atoms with E-state index >= 15 is 0 Å². The molecule has 1 rings (SSSR count). The fourth-order valence-electron chi connectivity index (χ4n) is 3.13. The number of nitrogens with zero attached hydrogens (tertiary/aromatic N) is 1. The highest BCUT2D eigenvalue weighted by molar-refractivity contribution is 7.82. The van der Waals surface area contributed by atoms with Gasteiger partial charge in [-0.25, -0.2) is 8.93 Å². The summed E-state index contributed by atoms with van der Waals surface area (Å²) in [4.78, 5) is 38.6. The Morgan fingerprint density at radius 3 is 2.39 bits per heavy atom. The highest BCUT2D eigenvalue weighted by Crippen LogP contribution is 2.09. The van der Waals surface area contributed by atoms with E-state index in [2.05, 4.69) is 20.7 Å². The van der Waals surface area contributed by atoms with Gasteiger partial charge in [0.1, 0.15) is 6.04 Å². The molecule has 0 saturated carbocycles. The van der Waals surface area contributed by atoms with Crippen LogP contribution in [0.3, 0.4) is 0 Å². The Hall–Kier alpha value is -1.52. The number of piperidine rings is 1. The van der Waals surface area contributed by atoms with Crippen LogP contribution in [0.25, 0.3) is 0 Å². The third kappa shape index (κ3) is 9.61. The van der Waals surface area contributed by atoms with Crippen molar-refractivity contribution in [3.05, 3.63) is 0 Å². The number of carbonyl (C=O) groups excluding carboxylic acids is 3. The van der Waals surface area contributed by atoms with Crippen LogP contribution in [0.2, 0.25) is 0 Å². The summed E-state index contributed by atoms with van der Waals surface area (Å²) in [5.74, 6) is -0.882. The molecule has 3 amide bonds. The van der Waals surface area contributed by atoms with E-state index in [1.165, 1.54) is 6.26 Å². The number of likely N-dealkylation sites (tertiary alicyclic amines) is 1. The number of hydrogen-bond acceptors (Lipinski definition) is 5. The third-order valence-corrected chi connectivity index (χ3v) is 5.25. The molecule has 3 atom stereocenters. The number of carbonyl (C=O) groups is 3. The Morgan fingerprint density at radius 2 is 1.79 bits per heavy atom. The fourth-order valence-corrected chi connectivity index (χ4v) is 3.75. The van der Waals surface area contributed by atoms with Gasteiger partial charge in [-0.2, -0.15) is 0 Å². The number of unbranched alkanes of at least 4 members (excludes halogenated alkanes) is 1. The lowest BCUT2D eigenvalue weighted by Gasteiger charge is -2.29. The summed E-state index contributed by atoms with van der Waals surface area (Å²) in [6.45, 7) is 3.73. The zero-order valence-corrected chi connectivity index (χ0v) is 18.0. The topological polar surface area (TPSA) is 120 Å². The van der Waals surface area contributed by atoms with Gasteiger partial charge in [-0.1, -0.05) is 6.42 Å². The fraction of sp³-hybridized carbons (Fsp3) is 0.833. The standard InChI is InChI=1S/C18H35N5O4S/c1-14(18(26)23-11-7-4-8-12-23)21-16(24)13-20-17(25)15(22-28(3)27)9-5-6-10-19-2/h14-15,19,22H,4-13H2,1-3H3,(H,20,25)(H,21,24). The predicted octanol–water partition coefficient (Wildman–Crippen LogP) is -0.739. The third-order valence-electron chi connectivity index (χ3n) is 4.63. The van der Waals surface area contributed by atoms with Crippen LogP contribution in [-0.4, -0.2) is 78.4 Å². The predicted molar refractivity (Wildman–Crippen MR) is 110 cm³/mol. The highest BCUT2D eigenvalue weighted by atomic mass is 32.2. The van der Waals surface area contributed by atoms with Crippen molar-refractivity contribution in [1.29, 1.82) is 0 Å². The van der Waals surface area contributed by atoms with Crippen molar-refractivity contribution >= 4 is 28.7 Å². The molecule has 4 N–H and O–H groups in total. The SMILES string of the molecule is CNCCCCC(NS(C)=O)C(=O)NCC(=O)NC(C)C(=O)N1CCCCC1. The van der Waals surface area contributed by atoms with Crippen LogP contribution in [0.15, 0.2) is 0 Å². The molecular formula is C18H35N5O4S. The van der Waals surface area contributed by atoms with Crippen LogP contribution in [-0.2, 0) is 25.4 Å².